The molecule has 93 valence electrons. The van der Waals surface area contributed by atoms with Crippen LogP contribution in [0.1, 0.15) is 26.2 Å². The Labute approximate surface area is 97.6 Å². The van der Waals surface area contributed by atoms with Gasteiger partial charge in [-0.05, 0) is 12.0 Å². The SMILES string of the molecule is CCCC(CCN1CCNC1=O)[Si](F)CO. The summed E-state index contributed by atoms with van der Waals surface area (Å²) in [5, 5.41) is 11.6. The van der Waals surface area contributed by atoms with Crippen LogP contribution in [0.4, 0.5) is 8.90 Å². The van der Waals surface area contributed by atoms with Gasteiger partial charge in [-0.15, -0.1) is 0 Å². The van der Waals surface area contributed by atoms with Crippen LogP contribution in [0.3, 0.4) is 0 Å². The lowest BCUT2D eigenvalue weighted by molar-refractivity contribution is 0.216. The summed E-state index contributed by atoms with van der Waals surface area (Å²) in [6, 6.07) is -0.0492. The molecule has 0 spiro atoms. The van der Waals surface area contributed by atoms with Crippen molar-refractivity contribution in [1.29, 1.82) is 0 Å². The van der Waals surface area contributed by atoms with Gasteiger partial charge in [0, 0.05) is 19.6 Å². The predicted molar refractivity (Wildman–Crippen MR) is 62.2 cm³/mol. The van der Waals surface area contributed by atoms with E-state index in [4.69, 9.17) is 5.11 Å². The van der Waals surface area contributed by atoms with Gasteiger partial charge in [-0.25, -0.2) is 4.79 Å². The molecule has 2 N–H and O–H groups in total. The van der Waals surface area contributed by atoms with Gasteiger partial charge in [-0.3, -0.25) is 0 Å². The highest BCUT2D eigenvalue weighted by atomic mass is 28.3. The number of carbonyl (C=O) groups excluding carboxylic acids is 1. The first-order valence-electron chi connectivity index (χ1n) is 5.83. The number of aliphatic hydroxyl groups is 1. The Morgan fingerprint density at radius 1 is 1.62 bits per heavy atom. The fourth-order valence-electron chi connectivity index (χ4n) is 1.97. The molecule has 1 rings (SSSR count). The molecule has 2 amide bonds. The van der Waals surface area contributed by atoms with E-state index in [1.54, 1.807) is 4.90 Å². The Bertz CT molecular complexity index is 231. The minimum Gasteiger partial charge on any atom is -0.397 e. The van der Waals surface area contributed by atoms with Crippen LogP contribution in [0, 0.1) is 0 Å². The zero-order valence-electron chi connectivity index (χ0n) is 9.71. The van der Waals surface area contributed by atoms with Gasteiger partial charge in [0.1, 0.15) is 0 Å². The number of aliphatic hydroxyl groups excluding tert-OH is 1. The first-order chi connectivity index (χ1) is 7.69. The van der Waals surface area contributed by atoms with Gasteiger partial charge >= 0.3 is 15.2 Å². The molecule has 0 aromatic rings. The van der Waals surface area contributed by atoms with Crippen molar-refractivity contribution in [2.45, 2.75) is 31.7 Å². The number of amides is 2. The third-order valence-corrected chi connectivity index (χ3v) is 4.69. The van der Waals surface area contributed by atoms with Crippen LogP contribution < -0.4 is 5.32 Å². The highest BCUT2D eigenvalue weighted by Crippen LogP contribution is 2.23. The van der Waals surface area contributed by atoms with Gasteiger partial charge in [0.05, 0.1) is 6.23 Å². The Hall–Kier alpha value is -0.623. The van der Waals surface area contributed by atoms with E-state index >= 15 is 0 Å². The summed E-state index contributed by atoms with van der Waals surface area (Å²) >= 11 is 0. The maximum absolute atomic E-state index is 13.5. The monoisotopic (exact) mass is 247 g/mol. The zero-order valence-corrected chi connectivity index (χ0v) is 10.7. The summed E-state index contributed by atoms with van der Waals surface area (Å²) in [6.07, 6.45) is 2.09. The molecule has 0 saturated carbocycles. The molecule has 16 heavy (non-hydrogen) atoms. The Balaban J connectivity index is 2.33. The van der Waals surface area contributed by atoms with Gasteiger partial charge < -0.3 is 19.4 Å². The minimum atomic E-state index is -2.14. The second-order valence-electron chi connectivity index (χ2n) is 4.10. The first-order valence-corrected chi connectivity index (χ1v) is 7.50. The number of urea groups is 1. The number of halogens is 1. The number of hydrogen-bond donors (Lipinski definition) is 2. The fraction of sp³-hybridized carbons (Fsp3) is 0.900. The van der Waals surface area contributed by atoms with Gasteiger partial charge in [0.25, 0.3) is 0 Å². The van der Waals surface area contributed by atoms with Crippen LogP contribution in [0.15, 0.2) is 0 Å². The molecule has 0 bridgehead atoms. The average Bonchev–Trinajstić information content (AvgIpc) is 2.69. The molecule has 1 fully saturated rings. The summed E-state index contributed by atoms with van der Waals surface area (Å²) in [7, 11) is -2.14. The number of hydrogen-bond acceptors (Lipinski definition) is 2. The third kappa shape index (κ3) is 3.75. The quantitative estimate of drug-likeness (QED) is 0.522. The standard InChI is InChI=1S/C10H20FN2O2Si/c1-2-3-9(16(11)8-14)4-6-13-7-5-12-10(13)15/h9,14H,2-8H2,1H3,(H,12,15). The van der Waals surface area contributed by atoms with Crippen molar-refractivity contribution in [2.75, 3.05) is 25.9 Å². The second kappa shape index (κ2) is 6.85. The van der Waals surface area contributed by atoms with Crippen molar-refractivity contribution in [3.05, 3.63) is 0 Å². The normalized spacial score (nSPS) is 18.0. The van der Waals surface area contributed by atoms with Crippen molar-refractivity contribution < 1.29 is 14.0 Å². The predicted octanol–water partition coefficient (Wildman–Crippen LogP) is 1.06. The molecule has 1 aliphatic heterocycles. The Morgan fingerprint density at radius 3 is 2.88 bits per heavy atom. The number of rotatable bonds is 7. The molecule has 0 aromatic heterocycles. The van der Waals surface area contributed by atoms with E-state index in [2.05, 4.69) is 5.32 Å². The summed E-state index contributed by atoms with van der Waals surface area (Å²) in [4.78, 5) is 13.0. The molecule has 0 aromatic carbocycles. The van der Waals surface area contributed by atoms with E-state index in [9.17, 15) is 8.90 Å². The van der Waals surface area contributed by atoms with E-state index in [1.807, 2.05) is 6.92 Å². The van der Waals surface area contributed by atoms with E-state index in [0.29, 0.717) is 26.1 Å². The maximum atomic E-state index is 13.5. The van der Waals surface area contributed by atoms with Gasteiger partial charge in [-0.2, -0.15) is 0 Å². The van der Waals surface area contributed by atoms with Crippen LogP contribution in [0.2, 0.25) is 5.54 Å². The highest BCUT2D eigenvalue weighted by molar-refractivity contribution is 6.52. The Kier molecular flexibility index (Phi) is 5.76. The van der Waals surface area contributed by atoms with Crippen molar-refractivity contribution in [1.82, 2.24) is 10.2 Å². The molecular weight excluding hydrogens is 227 g/mol. The van der Waals surface area contributed by atoms with Crippen LogP contribution in [0.25, 0.3) is 0 Å². The summed E-state index contributed by atoms with van der Waals surface area (Å²) < 4.78 is 13.5. The lowest BCUT2D eigenvalue weighted by Crippen LogP contribution is -2.31. The molecular formula is C10H20FN2O2Si. The molecule has 1 atom stereocenters. The molecule has 1 saturated heterocycles. The largest absolute Gasteiger partial charge is 0.397 e. The smallest absolute Gasteiger partial charge is 0.317 e. The maximum Gasteiger partial charge on any atom is 0.317 e. The molecule has 0 aliphatic carbocycles. The van der Waals surface area contributed by atoms with Crippen LogP contribution in [-0.2, 0) is 0 Å². The lowest BCUT2D eigenvalue weighted by atomic mass is 10.2. The van der Waals surface area contributed by atoms with E-state index in [0.717, 1.165) is 12.8 Å². The van der Waals surface area contributed by atoms with Crippen LogP contribution >= 0.6 is 0 Å². The molecule has 4 nitrogen and oxygen atoms in total. The van der Waals surface area contributed by atoms with Crippen molar-refractivity contribution in [3.63, 3.8) is 0 Å². The van der Waals surface area contributed by atoms with Crippen molar-refractivity contribution in [2.24, 2.45) is 0 Å². The third-order valence-electron chi connectivity index (χ3n) is 2.92. The van der Waals surface area contributed by atoms with Gasteiger partial charge in [0.2, 0.25) is 0 Å². The molecule has 6 heteroatoms. The first kappa shape index (κ1) is 13.4. The highest BCUT2D eigenvalue weighted by Gasteiger charge is 2.26. The topological polar surface area (TPSA) is 52.6 Å². The summed E-state index contributed by atoms with van der Waals surface area (Å²) in [5.41, 5.74) is -0.0339. The zero-order chi connectivity index (χ0) is 12.0. The van der Waals surface area contributed by atoms with Crippen molar-refractivity contribution >= 4 is 15.2 Å². The van der Waals surface area contributed by atoms with Crippen LogP contribution in [-0.4, -0.2) is 51.0 Å². The van der Waals surface area contributed by atoms with E-state index in [1.165, 1.54) is 0 Å². The minimum absolute atomic E-state index is 0.0339. The van der Waals surface area contributed by atoms with Crippen molar-refractivity contribution in [3.8, 4) is 0 Å². The molecule has 1 heterocycles. The Morgan fingerprint density at radius 2 is 2.38 bits per heavy atom. The number of carbonyl (C=O) groups is 1. The second-order valence-corrected chi connectivity index (χ2v) is 6.12. The molecule has 1 aliphatic rings. The fourth-order valence-corrected chi connectivity index (χ4v) is 3.27. The molecule has 1 unspecified atom stereocenters. The lowest BCUT2D eigenvalue weighted by Gasteiger charge is -2.20. The summed E-state index contributed by atoms with van der Waals surface area (Å²) in [5.74, 6) is 0. The van der Waals surface area contributed by atoms with E-state index in [-0.39, 0.29) is 17.8 Å². The van der Waals surface area contributed by atoms with E-state index < -0.39 is 9.13 Å². The molecule has 1 radical (unpaired) electrons. The van der Waals surface area contributed by atoms with Gasteiger partial charge in [-0.1, -0.05) is 19.8 Å². The number of nitrogens with one attached hydrogen (secondary N) is 1. The average molecular weight is 247 g/mol. The van der Waals surface area contributed by atoms with Gasteiger partial charge in [0.15, 0.2) is 0 Å². The summed E-state index contributed by atoms with van der Waals surface area (Å²) in [6.45, 7) is 4.02. The number of nitrogens with zero attached hydrogens (tertiary/aromatic N) is 1. The van der Waals surface area contributed by atoms with Crippen LogP contribution in [0.5, 0.6) is 0 Å².